The molecule has 0 fully saturated rings. The Kier molecular flexibility index (Phi) is 4.18. The summed E-state index contributed by atoms with van der Waals surface area (Å²) in [5.41, 5.74) is 6.92. The second-order valence-electron chi connectivity index (χ2n) is 3.19. The number of carboxylic acid groups (broad SMARTS) is 1. The van der Waals surface area contributed by atoms with Gasteiger partial charge in [-0.3, -0.25) is 0 Å². The molecule has 0 saturated carbocycles. The van der Waals surface area contributed by atoms with E-state index in [9.17, 15) is 4.79 Å². The van der Waals surface area contributed by atoms with E-state index in [0.29, 0.717) is 23.6 Å². The fourth-order valence-corrected chi connectivity index (χ4v) is 1.42. The molecule has 0 spiro atoms. The Labute approximate surface area is 93.2 Å². The van der Waals surface area contributed by atoms with Crippen molar-refractivity contribution in [2.75, 3.05) is 0 Å². The molecule has 0 heterocycles. The zero-order chi connectivity index (χ0) is 11.3. The number of carboxylic acids is 1. The first kappa shape index (κ1) is 11.6. The lowest BCUT2D eigenvalue weighted by molar-refractivity contribution is -0.131. The minimum Gasteiger partial charge on any atom is -0.478 e. The molecule has 3 nitrogen and oxygen atoms in total. The average molecular weight is 226 g/mol. The number of rotatable bonds is 4. The smallest absolute Gasteiger partial charge is 0.330 e. The van der Waals surface area contributed by atoms with Crippen molar-refractivity contribution in [1.82, 2.24) is 0 Å². The Morgan fingerprint density at radius 1 is 1.53 bits per heavy atom. The molecule has 4 heteroatoms. The van der Waals surface area contributed by atoms with Crippen LogP contribution in [0.3, 0.4) is 0 Å². The highest BCUT2D eigenvalue weighted by atomic mass is 35.5. The maximum Gasteiger partial charge on any atom is 0.330 e. The maximum atomic E-state index is 10.3. The van der Waals surface area contributed by atoms with Gasteiger partial charge in [0.05, 0.1) is 0 Å². The van der Waals surface area contributed by atoms with Gasteiger partial charge in [-0.15, -0.1) is 0 Å². The van der Waals surface area contributed by atoms with Crippen molar-refractivity contribution in [3.8, 4) is 0 Å². The number of halogens is 1. The van der Waals surface area contributed by atoms with Crippen molar-refractivity contribution in [2.45, 2.75) is 12.8 Å². The zero-order valence-corrected chi connectivity index (χ0v) is 8.87. The molecule has 1 aromatic rings. The Balaban J connectivity index is 2.54. The highest BCUT2D eigenvalue weighted by molar-refractivity contribution is 6.30. The van der Waals surface area contributed by atoms with Gasteiger partial charge in [-0.1, -0.05) is 23.7 Å². The molecule has 0 atom stereocenters. The second kappa shape index (κ2) is 5.41. The molecule has 0 bridgehead atoms. The molecule has 15 heavy (non-hydrogen) atoms. The van der Waals surface area contributed by atoms with Crippen molar-refractivity contribution in [2.24, 2.45) is 5.73 Å². The summed E-state index contributed by atoms with van der Waals surface area (Å²) < 4.78 is 0. The van der Waals surface area contributed by atoms with Crippen LogP contribution in [-0.2, 0) is 11.2 Å². The first-order chi connectivity index (χ1) is 7.08. The van der Waals surface area contributed by atoms with Crippen LogP contribution >= 0.6 is 11.6 Å². The van der Waals surface area contributed by atoms with Crippen molar-refractivity contribution < 1.29 is 9.90 Å². The SMILES string of the molecule is N/C(=C\C(=O)O)CCc1cccc(Cl)c1. The van der Waals surface area contributed by atoms with E-state index >= 15 is 0 Å². The highest BCUT2D eigenvalue weighted by Crippen LogP contribution is 2.13. The van der Waals surface area contributed by atoms with Crippen LogP contribution in [0.1, 0.15) is 12.0 Å². The molecule has 80 valence electrons. The van der Waals surface area contributed by atoms with Crippen LogP contribution < -0.4 is 5.73 Å². The van der Waals surface area contributed by atoms with Crippen molar-refractivity contribution in [3.63, 3.8) is 0 Å². The molecular weight excluding hydrogens is 214 g/mol. The minimum absolute atomic E-state index is 0.363. The third-order valence-electron chi connectivity index (χ3n) is 1.90. The van der Waals surface area contributed by atoms with E-state index in [4.69, 9.17) is 22.4 Å². The largest absolute Gasteiger partial charge is 0.478 e. The lowest BCUT2D eigenvalue weighted by Crippen LogP contribution is -2.03. The molecule has 3 N–H and O–H groups in total. The standard InChI is InChI=1S/C11H12ClNO2/c12-9-3-1-2-8(6-9)4-5-10(13)7-11(14)15/h1-3,6-7H,4-5,13H2,(H,14,15)/b10-7-. The molecular formula is C11H12ClNO2. The van der Waals surface area contributed by atoms with Crippen molar-refractivity contribution in [1.29, 1.82) is 0 Å². The molecule has 1 rings (SSSR count). The van der Waals surface area contributed by atoms with Crippen LogP contribution in [0.2, 0.25) is 5.02 Å². The zero-order valence-electron chi connectivity index (χ0n) is 8.11. The van der Waals surface area contributed by atoms with E-state index in [2.05, 4.69) is 0 Å². The van der Waals surface area contributed by atoms with Crippen molar-refractivity contribution >= 4 is 17.6 Å². The highest BCUT2D eigenvalue weighted by Gasteiger charge is 1.98. The monoisotopic (exact) mass is 225 g/mol. The van der Waals surface area contributed by atoms with E-state index in [-0.39, 0.29) is 0 Å². The number of allylic oxidation sites excluding steroid dienone is 1. The predicted molar refractivity (Wildman–Crippen MR) is 59.7 cm³/mol. The van der Waals surface area contributed by atoms with Crippen LogP contribution in [0, 0.1) is 0 Å². The quantitative estimate of drug-likeness (QED) is 0.773. The summed E-state index contributed by atoms with van der Waals surface area (Å²) >= 11 is 5.80. The third-order valence-corrected chi connectivity index (χ3v) is 2.14. The number of nitrogens with two attached hydrogens (primary N) is 1. The maximum absolute atomic E-state index is 10.3. The third kappa shape index (κ3) is 4.51. The van der Waals surface area contributed by atoms with Gasteiger partial charge in [0.25, 0.3) is 0 Å². The van der Waals surface area contributed by atoms with Crippen LogP contribution in [0.5, 0.6) is 0 Å². The van der Waals surface area contributed by atoms with Crippen LogP contribution in [-0.4, -0.2) is 11.1 Å². The molecule has 0 aromatic heterocycles. The Hall–Kier alpha value is -1.48. The molecule has 0 unspecified atom stereocenters. The molecule has 1 aromatic carbocycles. The summed E-state index contributed by atoms with van der Waals surface area (Å²) in [4.78, 5) is 10.3. The number of benzene rings is 1. The van der Waals surface area contributed by atoms with Gasteiger partial charge in [-0.2, -0.15) is 0 Å². The normalized spacial score (nSPS) is 11.4. The predicted octanol–water partition coefficient (Wildman–Crippen LogP) is 2.20. The minimum atomic E-state index is -1.02. The van der Waals surface area contributed by atoms with E-state index in [1.54, 1.807) is 6.07 Å². The van der Waals surface area contributed by atoms with Crippen LogP contribution in [0.15, 0.2) is 36.0 Å². The number of aliphatic carboxylic acids is 1. The van der Waals surface area contributed by atoms with Gasteiger partial charge in [0.15, 0.2) is 0 Å². The number of carbonyl (C=O) groups is 1. The summed E-state index contributed by atoms with van der Waals surface area (Å²) in [6.07, 6.45) is 2.23. The van der Waals surface area contributed by atoms with E-state index in [1.807, 2.05) is 18.2 Å². The number of hydrogen-bond acceptors (Lipinski definition) is 2. The van der Waals surface area contributed by atoms with Gasteiger partial charge in [-0.25, -0.2) is 4.79 Å². The lowest BCUT2D eigenvalue weighted by atomic mass is 10.1. The first-order valence-corrected chi connectivity index (χ1v) is 4.89. The van der Waals surface area contributed by atoms with Crippen LogP contribution in [0.4, 0.5) is 0 Å². The summed E-state index contributed by atoms with van der Waals surface area (Å²) in [6, 6.07) is 7.42. The Morgan fingerprint density at radius 3 is 2.87 bits per heavy atom. The fraction of sp³-hybridized carbons (Fsp3) is 0.182. The Bertz CT molecular complexity index is 388. The number of hydrogen-bond donors (Lipinski definition) is 2. The van der Waals surface area contributed by atoms with Crippen LogP contribution in [0.25, 0.3) is 0 Å². The van der Waals surface area contributed by atoms with Gasteiger partial charge < -0.3 is 10.8 Å². The van der Waals surface area contributed by atoms with Gasteiger partial charge in [-0.05, 0) is 30.5 Å². The lowest BCUT2D eigenvalue weighted by Gasteiger charge is -2.01. The van der Waals surface area contributed by atoms with Gasteiger partial charge in [0.2, 0.25) is 0 Å². The molecule has 0 aliphatic rings. The first-order valence-electron chi connectivity index (χ1n) is 4.51. The van der Waals surface area contributed by atoms with E-state index < -0.39 is 5.97 Å². The molecule has 0 amide bonds. The molecule has 0 saturated heterocycles. The van der Waals surface area contributed by atoms with Gasteiger partial charge in [0.1, 0.15) is 0 Å². The number of aryl methyl sites for hydroxylation is 1. The molecule has 0 aliphatic heterocycles. The topological polar surface area (TPSA) is 63.3 Å². The van der Waals surface area contributed by atoms with Gasteiger partial charge >= 0.3 is 5.97 Å². The average Bonchev–Trinajstić information content (AvgIpc) is 2.14. The van der Waals surface area contributed by atoms with E-state index in [1.165, 1.54) is 0 Å². The van der Waals surface area contributed by atoms with Gasteiger partial charge in [0, 0.05) is 16.8 Å². The molecule has 0 radical (unpaired) electrons. The summed E-state index contributed by atoms with van der Waals surface area (Å²) in [5, 5.41) is 9.12. The second-order valence-corrected chi connectivity index (χ2v) is 3.62. The molecule has 0 aliphatic carbocycles. The summed E-state index contributed by atoms with van der Waals surface area (Å²) in [5.74, 6) is -1.02. The fourth-order valence-electron chi connectivity index (χ4n) is 1.21. The van der Waals surface area contributed by atoms with Crippen molar-refractivity contribution in [3.05, 3.63) is 46.6 Å². The summed E-state index contributed by atoms with van der Waals surface area (Å²) in [7, 11) is 0. The summed E-state index contributed by atoms with van der Waals surface area (Å²) in [6.45, 7) is 0. The van der Waals surface area contributed by atoms with E-state index in [0.717, 1.165) is 11.6 Å². The Morgan fingerprint density at radius 2 is 2.27 bits per heavy atom.